The van der Waals surface area contributed by atoms with Gasteiger partial charge in [0.1, 0.15) is 0 Å². The van der Waals surface area contributed by atoms with Gasteiger partial charge in [0.25, 0.3) is 0 Å². The summed E-state index contributed by atoms with van der Waals surface area (Å²) in [6, 6.07) is 3.82. The van der Waals surface area contributed by atoms with E-state index in [4.69, 9.17) is 25.8 Å². The van der Waals surface area contributed by atoms with Crippen LogP contribution in [0.4, 0.5) is 0 Å². The summed E-state index contributed by atoms with van der Waals surface area (Å²) in [7, 11) is 3.24. The van der Waals surface area contributed by atoms with Crippen molar-refractivity contribution in [1.29, 1.82) is 0 Å². The van der Waals surface area contributed by atoms with Crippen LogP contribution in [0.3, 0.4) is 0 Å². The molecule has 5 heteroatoms. The standard InChI is InChI=1S/C15H22ClNO3/c1-4-17-15(12-6-5-7-20-12)10-8-13(18-2)14(19-3)9-11(10)16/h8-9,12,15,17H,4-7H2,1-3H3. The third kappa shape index (κ3) is 3.19. The van der Waals surface area contributed by atoms with Gasteiger partial charge >= 0.3 is 0 Å². The van der Waals surface area contributed by atoms with Crippen LogP contribution >= 0.6 is 11.6 Å². The Morgan fingerprint density at radius 1 is 1.35 bits per heavy atom. The number of hydrogen-bond acceptors (Lipinski definition) is 4. The Morgan fingerprint density at radius 2 is 2.05 bits per heavy atom. The Labute approximate surface area is 125 Å². The Bertz CT molecular complexity index is 447. The molecule has 0 aliphatic carbocycles. The Hall–Kier alpha value is -0.970. The van der Waals surface area contributed by atoms with Crippen LogP contribution in [0.2, 0.25) is 5.02 Å². The number of rotatable bonds is 6. The molecule has 1 N–H and O–H groups in total. The van der Waals surface area contributed by atoms with Crippen molar-refractivity contribution in [1.82, 2.24) is 5.32 Å². The summed E-state index contributed by atoms with van der Waals surface area (Å²) >= 11 is 6.41. The van der Waals surface area contributed by atoms with E-state index in [1.807, 2.05) is 6.07 Å². The van der Waals surface area contributed by atoms with Gasteiger partial charge < -0.3 is 19.5 Å². The van der Waals surface area contributed by atoms with Crippen LogP contribution in [0.15, 0.2) is 12.1 Å². The van der Waals surface area contributed by atoms with Gasteiger partial charge in [0.05, 0.1) is 26.4 Å². The summed E-state index contributed by atoms with van der Waals surface area (Å²) in [5.41, 5.74) is 0.998. The molecule has 1 heterocycles. The Balaban J connectivity index is 2.36. The topological polar surface area (TPSA) is 39.7 Å². The van der Waals surface area contributed by atoms with E-state index in [0.717, 1.165) is 31.6 Å². The molecular formula is C15H22ClNO3. The molecule has 2 unspecified atom stereocenters. The van der Waals surface area contributed by atoms with Crippen molar-refractivity contribution in [3.05, 3.63) is 22.7 Å². The predicted molar refractivity (Wildman–Crippen MR) is 79.9 cm³/mol. The van der Waals surface area contributed by atoms with E-state index in [-0.39, 0.29) is 12.1 Å². The fourth-order valence-electron chi connectivity index (χ4n) is 2.64. The molecule has 1 fully saturated rings. The number of methoxy groups -OCH3 is 2. The van der Waals surface area contributed by atoms with Crippen molar-refractivity contribution in [2.24, 2.45) is 0 Å². The zero-order valence-electron chi connectivity index (χ0n) is 12.2. The molecule has 1 aromatic carbocycles. The highest BCUT2D eigenvalue weighted by Gasteiger charge is 2.29. The Kier molecular flexibility index (Phi) is 5.52. The van der Waals surface area contributed by atoms with E-state index >= 15 is 0 Å². The number of likely N-dealkylation sites (N-methyl/N-ethyl adjacent to an activating group) is 1. The highest BCUT2D eigenvalue weighted by molar-refractivity contribution is 6.31. The molecule has 0 radical (unpaired) electrons. The summed E-state index contributed by atoms with van der Waals surface area (Å²) in [4.78, 5) is 0. The minimum atomic E-state index is 0.0785. The number of nitrogens with one attached hydrogen (secondary N) is 1. The molecule has 2 rings (SSSR count). The second kappa shape index (κ2) is 7.16. The minimum absolute atomic E-state index is 0.0785. The average Bonchev–Trinajstić information content (AvgIpc) is 2.98. The van der Waals surface area contributed by atoms with Crippen molar-refractivity contribution in [3.63, 3.8) is 0 Å². The van der Waals surface area contributed by atoms with Crippen LogP contribution in [0.25, 0.3) is 0 Å². The summed E-state index contributed by atoms with van der Waals surface area (Å²) < 4.78 is 16.5. The lowest BCUT2D eigenvalue weighted by molar-refractivity contribution is 0.0787. The van der Waals surface area contributed by atoms with E-state index in [1.54, 1.807) is 20.3 Å². The van der Waals surface area contributed by atoms with Gasteiger partial charge in [-0.3, -0.25) is 0 Å². The van der Waals surface area contributed by atoms with Gasteiger partial charge in [0, 0.05) is 17.7 Å². The van der Waals surface area contributed by atoms with E-state index in [2.05, 4.69) is 12.2 Å². The van der Waals surface area contributed by atoms with Gasteiger partial charge in [0.15, 0.2) is 11.5 Å². The fraction of sp³-hybridized carbons (Fsp3) is 0.600. The molecular weight excluding hydrogens is 278 g/mol. The van der Waals surface area contributed by atoms with Gasteiger partial charge in [0.2, 0.25) is 0 Å². The van der Waals surface area contributed by atoms with Crippen molar-refractivity contribution in [2.75, 3.05) is 27.4 Å². The van der Waals surface area contributed by atoms with Gasteiger partial charge in [-0.1, -0.05) is 18.5 Å². The molecule has 1 aliphatic rings. The smallest absolute Gasteiger partial charge is 0.162 e. The maximum absolute atomic E-state index is 6.41. The van der Waals surface area contributed by atoms with Crippen LogP contribution in [0.5, 0.6) is 11.5 Å². The molecule has 112 valence electrons. The van der Waals surface area contributed by atoms with E-state index in [1.165, 1.54) is 0 Å². The quantitative estimate of drug-likeness (QED) is 0.876. The SMILES string of the molecule is CCNC(c1cc(OC)c(OC)cc1Cl)C1CCCO1. The normalized spacial score (nSPS) is 19.9. The fourth-order valence-corrected chi connectivity index (χ4v) is 2.91. The van der Waals surface area contributed by atoms with E-state index < -0.39 is 0 Å². The van der Waals surface area contributed by atoms with Crippen molar-refractivity contribution >= 4 is 11.6 Å². The molecule has 1 aromatic rings. The predicted octanol–water partition coefficient (Wildman–Crippen LogP) is 3.19. The lowest BCUT2D eigenvalue weighted by Crippen LogP contribution is -2.31. The van der Waals surface area contributed by atoms with Crippen LogP contribution < -0.4 is 14.8 Å². The first kappa shape index (κ1) is 15.4. The van der Waals surface area contributed by atoms with Crippen molar-refractivity contribution < 1.29 is 14.2 Å². The van der Waals surface area contributed by atoms with Gasteiger partial charge in [-0.15, -0.1) is 0 Å². The molecule has 0 spiro atoms. The first-order valence-electron chi connectivity index (χ1n) is 6.97. The lowest BCUT2D eigenvalue weighted by atomic mass is 9.98. The molecule has 4 nitrogen and oxygen atoms in total. The highest BCUT2D eigenvalue weighted by atomic mass is 35.5. The van der Waals surface area contributed by atoms with Gasteiger partial charge in [-0.05, 0) is 31.0 Å². The largest absolute Gasteiger partial charge is 0.493 e. The van der Waals surface area contributed by atoms with Crippen LogP contribution in [-0.2, 0) is 4.74 Å². The van der Waals surface area contributed by atoms with Crippen LogP contribution in [0.1, 0.15) is 31.4 Å². The maximum atomic E-state index is 6.41. The Morgan fingerprint density at radius 3 is 2.60 bits per heavy atom. The summed E-state index contributed by atoms with van der Waals surface area (Å²) in [5, 5.41) is 4.14. The van der Waals surface area contributed by atoms with Crippen LogP contribution in [0, 0.1) is 0 Å². The first-order valence-corrected chi connectivity index (χ1v) is 7.35. The lowest BCUT2D eigenvalue weighted by Gasteiger charge is -2.26. The second-order valence-electron chi connectivity index (χ2n) is 4.82. The first-order chi connectivity index (χ1) is 9.71. The van der Waals surface area contributed by atoms with E-state index in [9.17, 15) is 0 Å². The van der Waals surface area contributed by atoms with Crippen molar-refractivity contribution in [3.8, 4) is 11.5 Å². The highest BCUT2D eigenvalue weighted by Crippen LogP contribution is 2.38. The minimum Gasteiger partial charge on any atom is -0.493 e. The molecule has 1 saturated heterocycles. The van der Waals surface area contributed by atoms with Gasteiger partial charge in [-0.2, -0.15) is 0 Å². The molecule has 0 amide bonds. The third-order valence-corrected chi connectivity index (χ3v) is 3.93. The zero-order chi connectivity index (χ0) is 14.5. The van der Waals surface area contributed by atoms with Gasteiger partial charge in [-0.25, -0.2) is 0 Å². The molecule has 2 atom stereocenters. The van der Waals surface area contributed by atoms with Crippen molar-refractivity contribution in [2.45, 2.75) is 31.9 Å². The molecule has 20 heavy (non-hydrogen) atoms. The zero-order valence-corrected chi connectivity index (χ0v) is 13.0. The van der Waals surface area contributed by atoms with E-state index in [0.29, 0.717) is 16.5 Å². The molecule has 0 bridgehead atoms. The number of ether oxygens (including phenoxy) is 3. The summed E-state index contributed by atoms with van der Waals surface area (Å²) in [5.74, 6) is 1.33. The number of benzene rings is 1. The summed E-state index contributed by atoms with van der Waals surface area (Å²) in [6.07, 6.45) is 2.30. The average molecular weight is 300 g/mol. The molecule has 0 saturated carbocycles. The molecule has 1 aliphatic heterocycles. The maximum Gasteiger partial charge on any atom is 0.162 e. The summed E-state index contributed by atoms with van der Waals surface area (Å²) in [6.45, 7) is 3.75. The second-order valence-corrected chi connectivity index (χ2v) is 5.22. The van der Waals surface area contributed by atoms with Crippen LogP contribution in [-0.4, -0.2) is 33.5 Å². The third-order valence-electron chi connectivity index (χ3n) is 3.60. The molecule has 0 aromatic heterocycles. The number of halogens is 1. The number of hydrogen-bond donors (Lipinski definition) is 1. The monoisotopic (exact) mass is 299 g/mol.